The van der Waals surface area contributed by atoms with Crippen LogP contribution in [0.3, 0.4) is 0 Å². The van der Waals surface area contributed by atoms with E-state index < -0.39 is 0 Å². The van der Waals surface area contributed by atoms with E-state index >= 15 is 0 Å². The highest BCUT2D eigenvalue weighted by Gasteiger charge is 2.29. The summed E-state index contributed by atoms with van der Waals surface area (Å²) in [4.78, 5) is 18.5. The van der Waals surface area contributed by atoms with Crippen LogP contribution in [0.1, 0.15) is 58.4 Å². The molecule has 2 aromatic carbocycles. The van der Waals surface area contributed by atoms with Crippen molar-refractivity contribution in [2.75, 3.05) is 0 Å². The minimum Gasteiger partial charge on any atom is -0.352 e. The number of nitrogens with one attached hydrogen (secondary N) is 1. The topological polar surface area (TPSA) is 46.9 Å². The maximum atomic E-state index is 13.5. The van der Waals surface area contributed by atoms with Crippen molar-refractivity contribution < 1.29 is 4.79 Å². The molecule has 1 aliphatic carbocycles. The van der Waals surface area contributed by atoms with Crippen molar-refractivity contribution in [3.05, 3.63) is 53.6 Å². The summed E-state index contributed by atoms with van der Waals surface area (Å²) in [6.07, 6.45) is 6.59. The van der Waals surface area contributed by atoms with E-state index in [1.807, 2.05) is 42.5 Å². The average molecular weight is 424 g/mol. The standard InChI is InChI=1S/C25H30ClN3O/c1-17(2)16-23(25(30)27-20-8-4-3-5-9-20)29-22-11-7-6-10-21(22)28-24(29)18-12-14-19(26)15-13-18/h6-7,10-15,17,20,23H,3-5,8-9,16H2,1-2H3,(H,27,30). The van der Waals surface area contributed by atoms with Crippen molar-refractivity contribution in [2.24, 2.45) is 5.92 Å². The first-order chi connectivity index (χ1) is 14.5. The lowest BCUT2D eigenvalue weighted by atomic mass is 9.94. The summed E-state index contributed by atoms with van der Waals surface area (Å²) in [5, 5.41) is 4.05. The predicted octanol–water partition coefficient (Wildman–Crippen LogP) is 6.39. The van der Waals surface area contributed by atoms with Gasteiger partial charge in [0.05, 0.1) is 11.0 Å². The molecule has 0 bridgehead atoms. The Balaban J connectivity index is 1.78. The lowest BCUT2D eigenvalue weighted by Gasteiger charge is -2.28. The van der Waals surface area contributed by atoms with Gasteiger partial charge in [0.25, 0.3) is 0 Å². The molecule has 1 saturated carbocycles. The molecule has 5 heteroatoms. The molecule has 0 spiro atoms. The van der Waals surface area contributed by atoms with Gasteiger partial charge in [0, 0.05) is 16.6 Å². The van der Waals surface area contributed by atoms with E-state index in [2.05, 4.69) is 29.8 Å². The summed E-state index contributed by atoms with van der Waals surface area (Å²) in [5.74, 6) is 1.30. The quantitative estimate of drug-likeness (QED) is 0.499. The number of fused-ring (bicyclic) bond motifs is 1. The third-order valence-corrected chi connectivity index (χ3v) is 6.21. The van der Waals surface area contributed by atoms with Crippen molar-refractivity contribution >= 4 is 28.5 Å². The molecule has 1 amide bonds. The smallest absolute Gasteiger partial charge is 0.243 e. The number of hydrogen-bond donors (Lipinski definition) is 1. The van der Waals surface area contributed by atoms with Gasteiger partial charge in [-0.3, -0.25) is 4.79 Å². The molecule has 0 saturated heterocycles. The Labute approximate surface area is 183 Å². The van der Waals surface area contributed by atoms with Gasteiger partial charge in [0.1, 0.15) is 11.9 Å². The predicted molar refractivity (Wildman–Crippen MR) is 124 cm³/mol. The first-order valence-electron chi connectivity index (χ1n) is 11.1. The number of carbonyl (C=O) groups is 1. The van der Waals surface area contributed by atoms with E-state index in [-0.39, 0.29) is 18.0 Å². The number of para-hydroxylation sites is 2. The van der Waals surface area contributed by atoms with E-state index in [9.17, 15) is 4.79 Å². The molecule has 1 N–H and O–H groups in total. The zero-order valence-electron chi connectivity index (χ0n) is 17.8. The zero-order valence-corrected chi connectivity index (χ0v) is 18.5. The highest BCUT2D eigenvalue weighted by atomic mass is 35.5. The second-order valence-corrected chi connectivity index (χ2v) is 9.23. The van der Waals surface area contributed by atoms with Gasteiger partial charge in [-0.05, 0) is 61.6 Å². The molecule has 30 heavy (non-hydrogen) atoms. The van der Waals surface area contributed by atoms with Crippen LogP contribution >= 0.6 is 11.6 Å². The Hall–Kier alpha value is -2.33. The van der Waals surface area contributed by atoms with Crippen LogP contribution < -0.4 is 5.32 Å². The summed E-state index contributed by atoms with van der Waals surface area (Å²) in [6.45, 7) is 4.34. The second-order valence-electron chi connectivity index (χ2n) is 8.79. The van der Waals surface area contributed by atoms with Crippen LogP contribution in [-0.4, -0.2) is 21.5 Å². The number of imidazole rings is 1. The molecule has 1 atom stereocenters. The largest absolute Gasteiger partial charge is 0.352 e. The van der Waals surface area contributed by atoms with Gasteiger partial charge < -0.3 is 9.88 Å². The molecule has 1 heterocycles. The van der Waals surface area contributed by atoms with Crippen LogP contribution in [0, 0.1) is 5.92 Å². The van der Waals surface area contributed by atoms with Crippen molar-refractivity contribution in [3.63, 3.8) is 0 Å². The molecule has 1 fully saturated rings. The van der Waals surface area contributed by atoms with Gasteiger partial charge in [-0.25, -0.2) is 4.98 Å². The number of benzene rings is 2. The first kappa shape index (κ1) is 20.9. The number of amides is 1. The maximum absolute atomic E-state index is 13.5. The zero-order chi connectivity index (χ0) is 21.1. The lowest BCUT2D eigenvalue weighted by Crippen LogP contribution is -2.41. The van der Waals surface area contributed by atoms with E-state index in [1.54, 1.807) is 0 Å². The fourth-order valence-corrected chi connectivity index (χ4v) is 4.61. The van der Waals surface area contributed by atoms with Gasteiger partial charge in [-0.1, -0.05) is 56.8 Å². The third-order valence-electron chi connectivity index (χ3n) is 5.96. The minimum absolute atomic E-state index is 0.106. The summed E-state index contributed by atoms with van der Waals surface area (Å²) in [7, 11) is 0. The molecule has 1 unspecified atom stereocenters. The molecule has 0 aliphatic heterocycles. The SMILES string of the molecule is CC(C)CC(C(=O)NC1CCCCC1)n1c(-c2ccc(Cl)cc2)nc2ccccc21. The molecule has 1 aliphatic rings. The van der Waals surface area contributed by atoms with Gasteiger partial charge >= 0.3 is 0 Å². The fourth-order valence-electron chi connectivity index (χ4n) is 4.48. The molecule has 158 valence electrons. The van der Waals surface area contributed by atoms with Gasteiger partial charge in [0.15, 0.2) is 0 Å². The third kappa shape index (κ3) is 4.54. The molecule has 4 nitrogen and oxygen atoms in total. The minimum atomic E-state index is -0.301. The summed E-state index contributed by atoms with van der Waals surface area (Å²) in [6, 6.07) is 15.8. The van der Waals surface area contributed by atoms with Crippen LogP contribution in [0.5, 0.6) is 0 Å². The monoisotopic (exact) mass is 423 g/mol. The Morgan fingerprint density at radius 2 is 1.80 bits per heavy atom. The van der Waals surface area contributed by atoms with E-state index in [0.717, 1.165) is 41.7 Å². The Morgan fingerprint density at radius 1 is 1.10 bits per heavy atom. The van der Waals surface area contributed by atoms with Crippen molar-refractivity contribution in [2.45, 2.75) is 64.5 Å². The van der Waals surface area contributed by atoms with Gasteiger partial charge in [0.2, 0.25) is 5.91 Å². The highest BCUT2D eigenvalue weighted by Crippen LogP contribution is 2.32. The van der Waals surface area contributed by atoms with Crippen LogP contribution in [0.2, 0.25) is 5.02 Å². The van der Waals surface area contributed by atoms with E-state index in [1.165, 1.54) is 19.3 Å². The summed E-state index contributed by atoms with van der Waals surface area (Å²) < 4.78 is 2.14. The Bertz CT molecular complexity index is 1000. The fraction of sp³-hybridized carbons (Fsp3) is 0.440. The number of carbonyl (C=O) groups excluding carboxylic acids is 1. The first-order valence-corrected chi connectivity index (χ1v) is 11.4. The normalized spacial score (nSPS) is 16.1. The van der Waals surface area contributed by atoms with Crippen molar-refractivity contribution in [1.29, 1.82) is 0 Å². The van der Waals surface area contributed by atoms with Crippen LogP contribution in [0.4, 0.5) is 0 Å². The molecular weight excluding hydrogens is 394 g/mol. The van der Waals surface area contributed by atoms with Crippen LogP contribution in [0.15, 0.2) is 48.5 Å². The van der Waals surface area contributed by atoms with Gasteiger partial charge in [-0.2, -0.15) is 0 Å². The number of rotatable bonds is 6. The van der Waals surface area contributed by atoms with E-state index in [4.69, 9.17) is 16.6 Å². The van der Waals surface area contributed by atoms with Gasteiger partial charge in [-0.15, -0.1) is 0 Å². The maximum Gasteiger partial charge on any atom is 0.243 e. The molecule has 1 aromatic heterocycles. The Morgan fingerprint density at radius 3 is 2.50 bits per heavy atom. The number of aromatic nitrogens is 2. The lowest BCUT2D eigenvalue weighted by molar-refractivity contribution is -0.125. The molecule has 4 rings (SSSR count). The van der Waals surface area contributed by atoms with E-state index in [0.29, 0.717) is 10.9 Å². The van der Waals surface area contributed by atoms with Crippen LogP contribution in [-0.2, 0) is 4.79 Å². The number of nitrogens with zero attached hydrogens (tertiary/aromatic N) is 2. The second kappa shape index (κ2) is 9.22. The van der Waals surface area contributed by atoms with Crippen molar-refractivity contribution in [3.8, 4) is 11.4 Å². The molecule has 0 radical (unpaired) electrons. The average Bonchev–Trinajstić information content (AvgIpc) is 3.12. The number of hydrogen-bond acceptors (Lipinski definition) is 2. The number of halogens is 1. The molecule has 3 aromatic rings. The summed E-state index contributed by atoms with van der Waals surface area (Å²) in [5.41, 5.74) is 2.86. The summed E-state index contributed by atoms with van der Waals surface area (Å²) >= 11 is 6.12. The van der Waals surface area contributed by atoms with Crippen LogP contribution in [0.25, 0.3) is 22.4 Å². The van der Waals surface area contributed by atoms with Crippen molar-refractivity contribution in [1.82, 2.24) is 14.9 Å². The molecular formula is C25H30ClN3O. The highest BCUT2D eigenvalue weighted by molar-refractivity contribution is 6.30. The Kier molecular flexibility index (Phi) is 6.43.